The van der Waals surface area contributed by atoms with Gasteiger partial charge in [0.1, 0.15) is 0 Å². The molecule has 2 N–H and O–H groups in total. The zero-order valence-electron chi connectivity index (χ0n) is 19.1. The summed E-state index contributed by atoms with van der Waals surface area (Å²) in [7, 11) is 1.56. The molecule has 5 aromatic rings. The van der Waals surface area contributed by atoms with Gasteiger partial charge in [-0.3, -0.25) is 4.98 Å². The molecule has 0 aromatic carbocycles. The topological polar surface area (TPSA) is 124 Å². The first kappa shape index (κ1) is 23.7. The van der Waals surface area contributed by atoms with Gasteiger partial charge in [0.2, 0.25) is 0 Å². The van der Waals surface area contributed by atoms with Crippen LogP contribution in [0.5, 0.6) is 0 Å². The minimum atomic E-state index is -0.527. The molecule has 11 nitrogen and oxygen atoms in total. The van der Waals surface area contributed by atoms with Crippen molar-refractivity contribution >= 4 is 46.3 Å². The van der Waals surface area contributed by atoms with Crippen molar-refractivity contribution in [3.63, 3.8) is 0 Å². The van der Waals surface area contributed by atoms with Crippen molar-refractivity contribution in [2.24, 2.45) is 0 Å². The molecule has 5 aromatic heterocycles. The fourth-order valence-corrected chi connectivity index (χ4v) is 4.01. The third kappa shape index (κ3) is 4.71. The van der Waals surface area contributed by atoms with Gasteiger partial charge in [-0.2, -0.15) is 10.2 Å². The Morgan fingerprint density at radius 1 is 1.08 bits per heavy atom. The summed E-state index contributed by atoms with van der Waals surface area (Å²) < 4.78 is 8.53. The molecule has 0 saturated heterocycles. The molecule has 2 amide bonds. The molecule has 0 saturated carbocycles. The summed E-state index contributed by atoms with van der Waals surface area (Å²) in [4.78, 5) is 25.7. The number of hydrogen-bond donors (Lipinski definition) is 2. The molecule has 0 aliphatic carbocycles. The van der Waals surface area contributed by atoms with E-state index in [1.807, 2.05) is 25.1 Å². The Morgan fingerprint density at radius 2 is 1.94 bits per heavy atom. The van der Waals surface area contributed by atoms with E-state index in [1.54, 1.807) is 42.5 Å². The van der Waals surface area contributed by atoms with Crippen LogP contribution in [0, 0.1) is 0 Å². The van der Waals surface area contributed by atoms with Gasteiger partial charge >= 0.3 is 6.03 Å². The van der Waals surface area contributed by atoms with Gasteiger partial charge in [0.15, 0.2) is 16.6 Å². The molecule has 0 aliphatic rings. The van der Waals surface area contributed by atoms with Crippen LogP contribution in [-0.2, 0) is 4.74 Å². The van der Waals surface area contributed by atoms with E-state index in [1.165, 1.54) is 16.9 Å². The number of carbonyl (C=O) groups excluding carboxylic acids is 1. The van der Waals surface area contributed by atoms with E-state index in [-0.39, 0.29) is 5.15 Å². The molecule has 0 fully saturated rings. The second kappa shape index (κ2) is 9.90. The Bertz CT molecular complexity index is 1550. The Morgan fingerprint density at radius 3 is 2.69 bits per heavy atom. The lowest BCUT2D eigenvalue weighted by atomic mass is 10.2. The van der Waals surface area contributed by atoms with Crippen LogP contribution < -0.4 is 10.6 Å². The van der Waals surface area contributed by atoms with Crippen LogP contribution in [0.4, 0.5) is 16.2 Å². The molecule has 0 radical (unpaired) electrons. The zero-order chi connectivity index (χ0) is 25.2. The lowest BCUT2D eigenvalue weighted by Crippen LogP contribution is -2.22. The molecule has 0 spiro atoms. The average Bonchev–Trinajstić information content (AvgIpc) is 3.50. The predicted octanol–water partition coefficient (Wildman–Crippen LogP) is 5.03. The first-order chi connectivity index (χ1) is 17.4. The van der Waals surface area contributed by atoms with Crippen molar-refractivity contribution in [1.82, 2.24) is 34.3 Å². The highest BCUT2D eigenvalue weighted by atomic mass is 35.5. The number of methoxy groups -OCH3 is 1. The number of rotatable bonds is 6. The third-order valence-corrected chi connectivity index (χ3v) is 5.78. The van der Waals surface area contributed by atoms with Crippen molar-refractivity contribution in [3.8, 4) is 17.1 Å². The summed E-state index contributed by atoms with van der Waals surface area (Å²) in [5, 5.41) is 14.6. The maximum atomic E-state index is 12.8. The number of amides is 2. The third-order valence-electron chi connectivity index (χ3n) is 5.32. The van der Waals surface area contributed by atoms with Gasteiger partial charge in [0.05, 0.1) is 52.5 Å². The number of nitrogens with zero attached hydrogens (tertiary/aromatic N) is 7. The Kier molecular flexibility index (Phi) is 6.51. The molecule has 36 heavy (non-hydrogen) atoms. The fraction of sp³-hybridized carbons (Fsp3) is 0.130. The van der Waals surface area contributed by atoms with Crippen molar-refractivity contribution in [2.75, 3.05) is 17.7 Å². The fourth-order valence-electron chi connectivity index (χ4n) is 3.58. The van der Waals surface area contributed by atoms with Crippen LogP contribution in [0.25, 0.3) is 22.7 Å². The molecule has 5 heterocycles. The van der Waals surface area contributed by atoms with Crippen molar-refractivity contribution in [2.45, 2.75) is 13.0 Å². The first-order valence-electron chi connectivity index (χ1n) is 10.7. The standard InChI is InChI=1S/C23H19Cl2N9O2/c1-13(36-2)21-18(11-27-20-8-19(25)32-34(20)21)31-23(35)30-15-7-16(24)22(28-10-15)33-12-14(9-29-33)17-5-3-4-6-26-17/h3-13H,1-2H3,(H2,30,31,35)/t13-/m0/s1. The molecular weight excluding hydrogens is 505 g/mol. The normalized spacial score (nSPS) is 12.0. The van der Waals surface area contributed by atoms with Gasteiger partial charge < -0.3 is 15.4 Å². The Labute approximate surface area is 215 Å². The maximum Gasteiger partial charge on any atom is 0.323 e. The van der Waals surface area contributed by atoms with Gasteiger partial charge in [-0.05, 0) is 25.1 Å². The van der Waals surface area contributed by atoms with Crippen molar-refractivity contribution in [1.29, 1.82) is 0 Å². The van der Waals surface area contributed by atoms with Gasteiger partial charge in [-0.25, -0.2) is 24.0 Å². The SMILES string of the molecule is CO[C@@H](C)c1c(NC(=O)Nc2cnc(-n3cc(-c4ccccn4)cn3)c(Cl)c2)cnc2cc(Cl)nn12. The number of hydrogen-bond acceptors (Lipinski definition) is 7. The lowest BCUT2D eigenvalue weighted by Gasteiger charge is -2.17. The largest absolute Gasteiger partial charge is 0.375 e. The van der Waals surface area contributed by atoms with E-state index in [0.29, 0.717) is 33.6 Å². The Hall–Kier alpha value is -4.06. The number of pyridine rings is 2. The van der Waals surface area contributed by atoms with E-state index in [4.69, 9.17) is 27.9 Å². The Balaban J connectivity index is 1.34. The number of halogens is 2. The van der Waals surface area contributed by atoms with E-state index in [2.05, 4.69) is 35.8 Å². The first-order valence-corrected chi connectivity index (χ1v) is 11.5. The number of fused-ring (bicyclic) bond motifs is 1. The van der Waals surface area contributed by atoms with E-state index >= 15 is 0 Å². The van der Waals surface area contributed by atoms with Crippen molar-refractivity contribution < 1.29 is 9.53 Å². The van der Waals surface area contributed by atoms with Crippen LogP contribution in [0.1, 0.15) is 18.7 Å². The number of urea groups is 1. The van der Waals surface area contributed by atoms with Crippen molar-refractivity contribution in [3.05, 3.63) is 77.2 Å². The maximum absolute atomic E-state index is 12.8. The summed E-state index contributed by atoms with van der Waals surface area (Å²) in [6.07, 6.45) is 7.76. The van der Waals surface area contributed by atoms with Gasteiger partial charge in [-0.15, -0.1) is 0 Å². The summed E-state index contributed by atoms with van der Waals surface area (Å²) in [5.74, 6) is 0.409. The van der Waals surface area contributed by atoms with Crippen LogP contribution in [0.15, 0.2) is 61.3 Å². The molecule has 182 valence electrons. The summed E-state index contributed by atoms with van der Waals surface area (Å²) in [6, 6.07) is 8.29. The van der Waals surface area contributed by atoms with Gasteiger partial charge in [-0.1, -0.05) is 29.3 Å². The smallest absolute Gasteiger partial charge is 0.323 e. The zero-order valence-corrected chi connectivity index (χ0v) is 20.6. The molecular formula is C23H19Cl2N9O2. The second-order valence-corrected chi connectivity index (χ2v) is 8.46. The van der Waals surface area contributed by atoms with Crippen LogP contribution in [0.2, 0.25) is 10.2 Å². The highest BCUT2D eigenvalue weighted by Crippen LogP contribution is 2.27. The summed E-state index contributed by atoms with van der Waals surface area (Å²) in [6.45, 7) is 1.82. The van der Waals surface area contributed by atoms with Gasteiger partial charge in [0, 0.05) is 31.1 Å². The van der Waals surface area contributed by atoms with Crippen LogP contribution >= 0.6 is 23.2 Å². The summed E-state index contributed by atoms with van der Waals surface area (Å²) in [5.41, 5.74) is 3.50. The predicted molar refractivity (Wildman–Crippen MR) is 136 cm³/mol. The average molecular weight is 524 g/mol. The number of aromatic nitrogens is 7. The molecule has 1 atom stereocenters. The van der Waals surface area contributed by atoms with E-state index in [0.717, 1.165) is 11.3 Å². The minimum Gasteiger partial charge on any atom is -0.375 e. The summed E-state index contributed by atoms with van der Waals surface area (Å²) >= 11 is 12.5. The number of anilines is 2. The number of ether oxygens (including phenoxy) is 1. The molecule has 5 rings (SSSR count). The highest BCUT2D eigenvalue weighted by Gasteiger charge is 2.19. The lowest BCUT2D eigenvalue weighted by molar-refractivity contribution is 0.114. The highest BCUT2D eigenvalue weighted by molar-refractivity contribution is 6.32. The quantitative estimate of drug-likeness (QED) is 0.319. The molecule has 0 bridgehead atoms. The van der Waals surface area contributed by atoms with E-state index in [9.17, 15) is 4.79 Å². The van der Waals surface area contributed by atoms with Crippen LogP contribution in [-0.4, -0.2) is 47.5 Å². The number of carbonyl (C=O) groups is 1. The monoisotopic (exact) mass is 523 g/mol. The molecule has 0 unspecified atom stereocenters. The minimum absolute atomic E-state index is 0.277. The van der Waals surface area contributed by atoms with Crippen LogP contribution in [0.3, 0.4) is 0 Å². The molecule has 13 heteroatoms. The number of nitrogens with one attached hydrogen (secondary N) is 2. The van der Waals surface area contributed by atoms with E-state index < -0.39 is 12.1 Å². The second-order valence-electron chi connectivity index (χ2n) is 7.67. The van der Waals surface area contributed by atoms with Gasteiger partial charge in [0.25, 0.3) is 0 Å². The molecule has 0 aliphatic heterocycles.